The first-order valence-electron chi connectivity index (χ1n) is 11.1. The lowest BCUT2D eigenvalue weighted by Crippen LogP contribution is -2.53. The van der Waals surface area contributed by atoms with Crippen LogP contribution in [0.1, 0.15) is 43.0 Å². The summed E-state index contributed by atoms with van der Waals surface area (Å²) < 4.78 is 12.4. The van der Waals surface area contributed by atoms with Crippen molar-refractivity contribution < 1.29 is 18.5 Å². The van der Waals surface area contributed by atoms with Crippen LogP contribution in [0.5, 0.6) is 0 Å². The van der Waals surface area contributed by atoms with Gasteiger partial charge < -0.3 is 19.6 Å². The molecule has 0 spiro atoms. The summed E-state index contributed by atoms with van der Waals surface area (Å²) in [5.74, 6) is 0.841. The van der Waals surface area contributed by atoms with Gasteiger partial charge in [0.25, 0.3) is 5.91 Å². The van der Waals surface area contributed by atoms with Crippen molar-refractivity contribution in [2.45, 2.75) is 38.5 Å². The first kappa shape index (κ1) is 21.7. The van der Waals surface area contributed by atoms with Crippen LogP contribution in [0.4, 0.5) is 5.82 Å². The highest BCUT2D eigenvalue weighted by Crippen LogP contribution is 2.26. The van der Waals surface area contributed by atoms with Gasteiger partial charge in [0, 0.05) is 30.2 Å². The number of carbonyl (C=O) groups excluding carboxylic acids is 2. The molecule has 0 aliphatic carbocycles. The summed E-state index contributed by atoms with van der Waals surface area (Å²) in [6.07, 6.45) is 3.09. The maximum absolute atomic E-state index is 13.0. The number of rotatable bonds is 7. The van der Waals surface area contributed by atoms with E-state index in [0.29, 0.717) is 29.5 Å². The Balaban J connectivity index is 1.43. The van der Waals surface area contributed by atoms with Gasteiger partial charge in [-0.25, -0.2) is 4.68 Å². The molecule has 0 saturated carbocycles. The predicted octanol–water partition coefficient (Wildman–Crippen LogP) is 3.78. The van der Waals surface area contributed by atoms with Crippen LogP contribution < -0.4 is 16.0 Å². The van der Waals surface area contributed by atoms with Crippen LogP contribution in [-0.2, 0) is 4.79 Å². The number of nitrogens with one attached hydrogen (secondary N) is 3. The smallest absolute Gasteiger partial charge is 0.279 e. The molecule has 1 aliphatic rings. The first-order valence-corrected chi connectivity index (χ1v) is 11.1. The number of hydrogen-bond acceptors (Lipinski definition) is 7. The molecule has 1 aromatic carbocycles. The summed E-state index contributed by atoms with van der Waals surface area (Å²) in [6.45, 7) is 2.07. The second kappa shape index (κ2) is 9.36. The van der Waals surface area contributed by atoms with E-state index in [1.807, 2.05) is 30.3 Å². The van der Waals surface area contributed by atoms with Crippen LogP contribution >= 0.6 is 0 Å². The predicted molar refractivity (Wildman–Crippen MR) is 123 cm³/mol. The van der Waals surface area contributed by atoms with E-state index < -0.39 is 12.2 Å². The van der Waals surface area contributed by atoms with E-state index >= 15 is 0 Å². The van der Waals surface area contributed by atoms with E-state index in [9.17, 15) is 9.59 Å². The molecule has 0 radical (unpaired) electrons. The van der Waals surface area contributed by atoms with Gasteiger partial charge in [-0.3, -0.25) is 14.9 Å². The first-order chi connectivity index (χ1) is 16.6. The van der Waals surface area contributed by atoms with Gasteiger partial charge in [0.2, 0.25) is 5.91 Å². The third-order valence-electron chi connectivity index (χ3n) is 5.56. The topological polar surface area (TPSA) is 127 Å². The van der Waals surface area contributed by atoms with Gasteiger partial charge in [-0.1, -0.05) is 48.8 Å². The van der Waals surface area contributed by atoms with Crippen LogP contribution in [-0.4, -0.2) is 32.8 Å². The number of benzene rings is 1. The molecule has 1 fully saturated rings. The number of hydrogen-bond donors (Lipinski definition) is 3. The normalized spacial score (nSPS) is 18.0. The highest BCUT2D eigenvalue weighted by molar-refractivity contribution is 6.03. The Morgan fingerprint density at radius 3 is 2.79 bits per heavy atom. The zero-order valence-electron chi connectivity index (χ0n) is 18.5. The number of nitrogens with zero attached hydrogens (tertiary/aromatic N) is 3. The van der Waals surface area contributed by atoms with Gasteiger partial charge in [-0.15, -0.1) is 0 Å². The van der Waals surface area contributed by atoms with E-state index in [0.717, 1.165) is 18.4 Å². The SMILES string of the molecule is CCCC1CC(=O)NC(n2nc(-c3ccco3)cc2NC(=O)c2cc(-c3ccccc3)on2)N1. The van der Waals surface area contributed by atoms with E-state index in [4.69, 9.17) is 8.94 Å². The minimum atomic E-state index is -0.631. The number of anilines is 1. The third kappa shape index (κ3) is 4.48. The lowest BCUT2D eigenvalue weighted by atomic mass is 10.1. The fraction of sp³-hybridized carbons (Fsp3) is 0.250. The minimum absolute atomic E-state index is 0.00698. The van der Waals surface area contributed by atoms with Crippen molar-refractivity contribution >= 4 is 17.6 Å². The molecule has 0 bridgehead atoms. The number of furan rings is 1. The van der Waals surface area contributed by atoms with Gasteiger partial charge in [-0.2, -0.15) is 5.10 Å². The molecule has 2 amide bonds. The summed E-state index contributed by atoms with van der Waals surface area (Å²) in [5.41, 5.74) is 1.45. The Bertz CT molecular complexity index is 1280. The highest BCUT2D eigenvalue weighted by atomic mass is 16.5. The maximum atomic E-state index is 13.0. The Morgan fingerprint density at radius 1 is 1.18 bits per heavy atom. The Hall–Kier alpha value is -4.18. The molecular weight excluding hydrogens is 436 g/mol. The monoisotopic (exact) mass is 460 g/mol. The molecule has 2 unspecified atom stereocenters. The fourth-order valence-corrected chi connectivity index (χ4v) is 3.96. The molecule has 2 atom stereocenters. The third-order valence-corrected chi connectivity index (χ3v) is 5.56. The molecule has 10 nitrogen and oxygen atoms in total. The zero-order chi connectivity index (χ0) is 23.5. The van der Waals surface area contributed by atoms with Crippen molar-refractivity contribution in [3.8, 4) is 22.8 Å². The van der Waals surface area contributed by atoms with Crippen molar-refractivity contribution in [1.82, 2.24) is 25.6 Å². The van der Waals surface area contributed by atoms with Crippen LogP contribution in [0.15, 0.2) is 69.8 Å². The van der Waals surface area contributed by atoms with Crippen LogP contribution in [0, 0.1) is 0 Å². The van der Waals surface area contributed by atoms with Gasteiger partial charge >= 0.3 is 0 Å². The van der Waals surface area contributed by atoms with E-state index in [1.54, 1.807) is 30.5 Å². The molecule has 3 N–H and O–H groups in total. The molecule has 1 saturated heterocycles. The van der Waals surface area contributed by atoms with Crippen molar-refractivity contribution in [1.29, 1.82) is 0 Å². The van der Waals surface area contributed by atoms with Crippen LogP contribution in [0.3, 0.4) is 0 Å². The quantitative estimate of drug-likeness (QED) is 0.383. The second-order valence-corrected chi connectivity index (χ2v) is 8.06. The van der Waals surface area contributed by atoms with E-state index in [1.165, 1.54) is 4.68 Å². The Kier molecular flexibility index (Phi) is 5.96. The molecule has 10 heteroatoms. The molecule has 174 valence electrons. The van der Waals surface area contributed by atoms with Gasteiger partial charge in [0.15, 0.2) is 23.5 Å². The van der Waals surface area contributed by atoms with Gasteiger partial charge in [0.05, 0.1) is 6.26 Å². The summed E-state index contributed by atoms with van der Waals surface area (Å²) in [6, 6.07) is 16.2. The van der Waals surface area contributed by atoms with Gasteiger partial charge in [-0.05, 0) is 18.6 Å². The largest absolute Gasteiger partial charge is 0.463 e. The average Bonchev–Trinajstić information content (AvgIpc) is 3.60. The van der Waals surface area contributed by atoms with E-state index in [2.05, 4.69) is 33.1 Å². The molecular formula is C24H24N6O4. The number of carbonyl (C=O) groups is 2. The average molecular weight is 460 g/mol. The molecule has 5 rings (SSSR count). The summed E-state index contributed by atoms with van der Waals surface area (Å²) in [7, 11) is 0. The number of aromatic nitrogens is 3. The summed E-state index contributed by atoms with van der Waals surface area (Å²) >= 11 is 0. The Labute approximate surface area is 195 Å². The summed E-state index contributed by atoms with van der Waals surface area (Å²) in [5, 5.41) is 17.6. The molecule has 1 aliphatic heterocycles. The van der Waals surface area contributed by atoms with Gasteiger partial charge in [0.1, 0.15) is 11.5 Å². The Morgan fingerprint density at radius 2 is 2.03 bits per heavy atom. The minimum Gasteiger partial charge on any atom is -0.463 e. The lowest BCUT2D eigenvalue weighted by molar-refractivity contribution is -0.125. The van der Waals surface area contributed by atoms with E-state index in [-0.39, 0.29) is 17.6 Å². The summed E-state index contributed by atoms with van der Waals surface area (Å²) in [4.78, 5) is 25.4. The zero-order valence-corrected chi connectivity index (χ0v) is 18.5. The van der Waals surface area contributed by atoms with Crippen molar-refractivity contribution in [3.05, 3.63) is 66.6 Å². The fourth-order valence-electron chi connectivity index (χ4n) is 3.96. The van der Waals surface area contributed by atoms with Crippen LogP contribution in [0.2, 0.25) is 0 Å². The molecule has 4 heterocycles. The molecule has 3 aromatic heterocycles. The highest BCUT2D eigenvalue weighted by Gasteiger charge is 2.29. The lowest BCUT2D eigenvalue weighted by Gasteiger charge is -2.32. The molecule has 4 aromatic rings. The standard InChI is InChI=1S/C24H24N6O4/c1-2-7-16-12-22(31)27-24(25-16)30-21(14-17(28-30)19-10-6-11-33-19)26-23(32)18-13-20(34-29-18)15-8-4-3-5-9-15/h3-6,8-11,13-14,16,24-25H,2,7,12H2,1H3,(H,26,32)(H,27,31). The molecule has 34 heavy (non-hydrogen) atoms. The maximum Gasteiger partial charge on any atom is 0.279 e. The second-order valence-electron chi connectivity index (χ2n) is 8.06. The van der Waals surface area contributed by atoms with Crippen molar-refractivity contribution in [3.63, 3.8) is 0 Å². The van der Waals surface area contributed by atoms with Crippen molar-refractivity contribution in [2.75, 3.05) is 5.32 Å². The van der Waals surface area contributed by atoms with Crippen molar-refractivity contribution in [2.24, 2.45) is 0 Å². The number of amides is 2. The van der Waals surface area contributed by atoms with Crippen LogP contribution in [0.25, 0.3) is 22.8 Å².